The van der Waals surface area contributed by atoms with Gasteiger partial charge in [0.15, 0.2) is 0 Å². The summed E-state index contributed by atoms with van der Waals surface area (Å²) in [6.07, 6.45) is 9.92. The zero-order chi connectivity index (χ0) is 23.3. The average Bonchev–Trinajstić information content (AvgIpc) is 3.40. The second-order valence-corrected chi connectivity index (χ2v) is 8.77. The van der Waals surface area contributed by atoms with Gasteiger partial charge < -0.3 is 20.1 Å². The van der Waals surface area contributed by atoms with E-state index in [2.05, 4.69) is 47.3 Å². The Kier molecular flexibility index (Phi) is 7.93. The van der Waals surface area contributed by atoms with Gasteiger partial charge in [-0.2, -0.15) is 5.10 Å². The van der Waals surface area contributed by atoms with Crippen LogP contribution in [0.3, 0.4) is 0 Å². The Morgan fingerprint density at radius 3 is 2.50 bits per heavy atom. The van der Waals surface area contributed by atoms with Gasteiger partial charge in [0.25, 0.3) is 0 Å². The van der Waals surface area contributed by atoms with E-state index in [4.69, 9.17) is 31.4 Å². The van der Waals surface area contributed by atoms with Crippen molar-refractivity contribution < 1.29 is 19.8 Å². The van der Waals surface area contributed by atoms with E-state index in [-0.39, 0.29) is 0 Å². The molecule has 0 bridgehead atoms. The summed E-state index contributed by atoms with van der Waals surface area (Å²) in [5, 5.41) is 21.3. The second-order valence-electron chi connectivity index (χ2n) is 8.33. The van der Waals surface area contributed by atoms with Crippen molar-refractivity contribution in [3.63, 3.8) is 0 Å². The van der Waals surface area contributed by atoms with Crippen molar-refractivity contribution in [1.82, 2.24) is 19.7 Å². The van der Waals surface area contributed by atoms with Crippen LogP contribution in [0.15, 0.2) is 36.8 Å². The van der Waals surface area contributed by atoms with Crippen molar-refractivity contribution in [2.45, 2.75) is 45.1 Å². The van der Waals surface area contributed by atoms with Gasteiger partial charge >= 0.3 is 11.9 Å². The molecule has 1 aliphatic heterocycles. The van der Waals surface area contributed by atoms with Gasteiger partial charge in [-0.3, -0.25) is 4.68 Å². The Morgan fingerprint density at radius 2 is 1.91 bits per heavy atom. The van der Waals surface area contributed by atoms with Crippen LogP contribution in [-0.4, -0.2) is 61.5 Å². The topological polar surface area (TPSA) is 111 Å². The largest absolute Gasteiger partial charge is 0.473 e. The summed E-state index contributed by atoms with van der Waals surface area (Å²) in [7, 11) is 0. The van der Waals surface area contributed by atoms with Gasteiger partial charge in [0.1, 0.15) is 0 Å². The molecule has 0 atom stereocenters. The molecule has 0 spiro atoms. The molecule has 4 rings (SSSR count). The van der Waals surface area contributed by atoms with Gasteiger partial charge in [0, 0.05) is 40.9 Å². The van der Waals surface area contributed by atoms with Crippen LogP contribution in [0.2, 0.25) is 5.02 Å². The van der Waals surface area contributed by atoms with Crippen molar-refractivity contribution in [2.24, 2.45) is 0 Å². The van der Waals surface area contributed by atoms with Gasteiger partial charge in [-0.1, -0.05) is 17.7 Å². The Morgan fingerprint density at radius 1 is 1.22 bits per heavy atom. The summed E-state index contributed by atoms with van der Waals surface area (Å²) in [5.74, 6) is -3.00. The number of fused-ring (bicyclic) bond motifs is 1. The van der Waals surface area contributed by atoms with E-state index in [0.717, 1.165) is 23.5 Å². The first-order chi connectivity index (χ1) is 15.2. The van der Waals surface area contributed by atoms with Crippen LogP contribution in [-0.2, 0) is 16.0 Å². The number of rotatable bonds is 5. The van der Waals surface area contributed by atoms with Crippen molar-refractivity contribution in [3.05, 3.63) is 52.9 Å². The molecule has 3 aromatic rings. The fourth-order valence-electron chi connectivity index (χ4n) is 4.00. The molecule has 9 heteroatoms. The summed E-state index contributed by atoms with van der Waals surface area (Å²) < 4.78 is 2.05. The third kappa shape index (κ3) is 6.11. The number of hydrogen-bond acceptors (Lipinski definition) is 4. The normalized spacial score (nSPS) is 15.0. The Bertz CT molecular complexity index is 1060. The van der Waals surface area contributed by atoms with Crippen LogP contribution in [0, 0.1) is 0 Å². The SMILES string of the molecule is CC(C)n1cc(CCN2CCC(c3c[nH]c4cc(Cl)ccc34)CC2)cn1.O=C(O)C(=O)O. The molecule has 8 nitrogen and oxygen atoms in total. The molecule has 172 valence electrons. The predicted molar refractivity (Wildman–Crippen MR) is 123 cm³/mol. The number of carbonyl (C=O) groups is 2. The van der Waals surface area contributed by atoms with Crippen LogP contribution in [0.4, 0.5) is 0 Å². The zero-order valence-electron chi connectivity index (χ0n) is 18.3. The van der Waals surface area contributed by atoms with Gasteiger partial charge in [0.05, 0.1) is 6.20 Å². The number of carboxylic acids is 2. The molecule has 0 radical (unpaired) electrons. The number of piperidine rings is 1. The lowest BCUT2D eigenvalue weighted by atomic mass is 9.89. The van der Waals surface area contributed by atoms with Crippen molar-refractivity contribution in [2.75, 3.05) is 19.6 Å². The number of benzene rings is 1. The lowest BCUT2D eigenvalue weighted by molar-refractivity contribution is -0.159. The average molecular weight is 461 g/mol. The summed E-state index contributed by atoms with van der Waals surface area (Å²) >= 11 is 6.10. The van der Waals surface area contributed by atoms with E-state index in [9.17, 15) is 0 Å². The van der Waals surface area contributed by atoms with E-state index >= 15 is 0 Å². The lowest BCUT2D eigenvalue weighted by Crippen LogP contribution is -2.34. The number of aromatic amines is 1. The van der Waals surface area contributed by atoms with Crippen molar-refractivity contribution >= 4 is 34.4 Å². The lowest BCUT2D eigenvalue weighted by Gasteiger charge is -2.31. The smallest absolute Gasteiger partial charge is 0.414 e. The molecular formula is C23H29ClN4O4. The zero-order valence-corrected chi connectivity index (χ0v) is 19.0. The number of aliphatic carboxylic acids is 2. The van der Waals surface area contributed by atoms with Gasteiger partial charge in [-0.25, -0.2) is 9.59 Å². The minimum atomic E-state index is -1.82. The fraction of sp³-hybridized carbons (Fsp3) is 0.435. The van der Waals surface area contributed by atoms with E-state index in [1.54, 1.807) is 0 Å². The minimum absolute atomic E-state index is 0.436. The summed E-state index contributed by atoms with van der Waals surface area (Å²) in [6, 6.07) is 6.61. The fourth-order valence-corrected chi connectivity index (χ4v) is 4.17. The molecule has 1 aromatic carbocycles. The first-order valence-corrected chi connectivity index (χ1v) is 11.1. The maximum Gasteiger partial charge on any atom is 0.414 e. The number of nitrogens with zero attached hydrogens (tertiary/aromatic N) is 3. The highest BCUT2D eigenvalue weighted by atomic mass is 35.5. The number of H-pyrrole nitrogens is 1. The van der Waals surface area contributed by atoms with Crippen LogP contribution in [0.1, 0.15) is 49.8 Å². The van der Waals surface area contributed by atoms with Gasteiger partial charge in [-0.05, 0) is 75.4 Å². The Labute approximate surface area is 191 Å². The van der Waals surface area contributed by atoms with Crippen LogP contribution in [0.25, 0.3) is 10.9 Å². The van der Waals surface area contributed by atoms with Gasteiger partial charge in [-0.15, -0.1) is 0 Å². The number of likely N-dealkylation sites (tertiary alicyclic amines) is 1. The standard InChI is InChI=1S/C21H27ClN4.C2H2O4/c1-15(2)26-14-16(12-24-26)5-8-25-9-6-17(7-10-25)20-13-23-21-11-18(22)3-4-19(20)21;3-1(4)2(5)6/h3-4,11-15,17,23H,5-10H2,1-2H3;(H,3,4)(H,5,6). The molecule has 0 amide bonds. The highest BCUT2D eigenvalue weighted by molar-refractivity contribution is 6.31. The molecule has 0 saturated carbocycles. The molecule has 1 saturated heterocycles. The first-order valence-electron chi connectivity index (χ1n) is 10.7. The minimum Gasteiger partial charge on any atom is -0.473 e. The van der Waals surface area contributed by atoms with Gasteiger partial charge in [0.2, 0.25) is 0 Å². The Balaban J connectivity index is 0.000000427. The quantitative estimate of drug-likeness (QED) is 0.492. The second kappa shape index (κ2) is 10.7. The summed E-state index contributed by atoms with van der Waals surface area (Å²) in [5.41, 5.74) is 3.95. The number of carboxylic acid groups (broad SMARTS) is 2. The molecule has 2 aromatic heterocycles. The highest BCUT2D eigenvalue weighted by Crippen LogP contribution is 2.34. The molecule has 1 aliphatic rings. The summed E-state index contributed by atoms with van der Waals surface area (Å²) in [4.78, 5) is 24.2. The number of aromatic nitrogens is 3. The molecule has 3 heterocycles. The molecule has 0 unspecified atom stereocenters. The van der Waals surface area contributed by atoms with Crippen molar-refractivity contribution in [3.8, 4) is 0 Å². The monoisotopic (exact) mass is 460 g/mol. The third-order valence-electron chi connectivity index (χ3n) is 5.79. The molecule has 0 aliphatic carbocycles. The predicted octanol–water partition coefficient (Wildman–Crippen LogP) is 4.18. The van der Waals surface area contributed by atoms with E-state index in [0.29, 0.717) is 12.0 Å². The number of hydrogen-bond donors (Lipinski definition) is 3. The molecule has 1 fully saturated rings. The molecule has 32 heavy (non-hydrogen) atoms. The van der Waals surface area contributed by atoms with E-state index in [1.807, 2.05) is 23.0 Å². The molecular weight excluding hydrogens is 432 g/mol. The number of halogens is 1. The third-order valence-corrected chi connectivity index (χ3v) is 6.02. The molecule has 3 N–H and O–H groups in total. The van der Waals surface area contributed by atoms with E-state index < -0.39 is 11.9 Å². The highest BCUT2D eigenvalue weighted by Gasteiger charge is 2.22. The van der Waals surface area contributed by atoms with E-state index in [1.165, 1.54) is 42.4 Å². The van der Waals surface area contributed by atoms with Crippen molar-refractivity contribution in [1.29, 1.82) is 0 Å². The van der Waals surface area contributed by atoms with Crippen LogP contribution in [0.5, 0.6) is 0 Å². The summed E-state index contributed by atoms with van der Waals surface area (Å²) in [6.45, 7) is 7.80. The maximum absolute atomic E-state index is 9.10. The maximum atomic E-state index is 9.10. The number of nitrogens with one attached hydrogen (secondary N) is 1. The Hall–Kier alpha value is -2.84. The first kappa shape index (κ1) is 23.8. The van der Waals surface area contributed by atoms with Crippen LogP contribution < -0.4 is 0 Å². The van der Waals surface area contributed by atoms with Crippen LogP contribution >= 0.6 is 11.6 Å².